The molecule has 32 heavy (non-hydrogen) atoms. The molecule has 1 heterocycles. The van der Waals surface area contributed by atoms with Crippen molar-refractivity contribution in [3.8, 4) is 11.5 Å². The van der Waals surface area contributed by atoms with Gasteiger partial charge in [-0.3, -0.25) is 9.78 Å². The Morgan fingerprint density at radius 1 is 0.938 bits per heavy atom. The molecule has 4 aromatic rings. The van der Waals surface area contributed by atoms with E-state index >= 15 is 0 Å². The van der Waals surface area contributed by atoms with Gasteiger partial charge in [0.25, 0.3) is 5.91 Å². The Bertz CT molecular complexity index is 1300. The Hall–Kier alpha value is -4.00. The normalized spacial score (nSPS) is 12.1. The van der Waals surface area contributed by atoms with Crippen LogP contribution in [0.5, 0.6) is 11.5 Å². The number of halogens is 3. The summed E-state index contributed by atoms with van der Waals surface area (Å²) >= 11 is 0. The number of carbonyl (C=O) groups excluding carboxylic acids is 1. The van der Waals surface area contributed by atoms with E-state index in [1.165, 1.54) is 12.1 Å². The second-order valence-electron chi connectivity index (χ2n) is 7.03. The predicted octanol–water partition coefficient (Wildman–Crippen LogP) is 6.70. The molecule has 3 aromatic carbocycles. The van der Waals surface area contributed by atoms with Crippen molar-refractivity contribution in [1.29, 1.82) is 0 Å². The number of aliphatic imine (C=N–C) groups is 1. The van der Waals surface area contributed by atoms with Gasteiger partial charge in [0.1, 0.15) is 11.5 Å². The summed E-state index contributed by atoms with van der Waals surface area (Å²) in [6, 6.07) is 20.2. The van der Waals surface area contributed by atoms with Crippen LogP contribution >= 0.6 is 0 Å². The third-order valence-corrected chi connectivity index (χ3v) is 4.80. The first-order valence-electron chi connectivity index (χ1n) is 9.70. The highest BCUT2D eigenvalue weighted by atomic mass is 19.4. The van der Waals surface area contributed by atoms with Crippen LogP contribution in [0.25, 0.3) is 10.8 Å². The highest BCUT2D eigenvalue weighted by molar-refractivity contribution is 6.09. The number of hydrogen-bond acceptors (Lipinski definition) is 3. The first kappa shape index (κ1) is 21.2. The summed E-state index contributed by atoms with van der Waals surface area (Å²) in [7, 11) is 0. The molecule has 1 amide bonds. The third-order valence-electron chi connectivity index (χ3n) is 4.80. The van der Waals surface area contributed by atoms with Gasteiger partial charge in [0.15, 0.2) is 0 Å². The van der Waals surface area contributed by atoms with E-state index in [9.17, 15) is 18.0 Å². The Kier molecular flexibility index (Phi) is 5.73. The SMILES string of the molecule is CC(=NC(=O)c1ccc2c(Oc3ccc(C(F)(F)F)cc3)cccc2c1)c1ccccn1. The lowest BCUT2D eigenvalue weighted by atomic mass is 10.1. The minimum absolute atomic E-state index is 0.279. The summed E-state index contributed by atoms with van der Waals surface area (Å²) in [5, 5.41) is 1.46. The molecule has 0 N–H and O–H groups in total. The molecule has 4 nitrogen and oxygen atoms in total. The monoisotopic (exact) mass is 434 g/mol. The second kappa shape index (κ2) is 8.63. The number of carbonyl (C=O) groups is 1. The van der Waals surface area contributed by atoms with Crippen molar-refractivity contribution in [3.05, 3.63) is 102 Å². The summed E-state index contributed by atoms with van der Waals surface area (Å²) in [4.78, 5) is 20.9. The van der Waals surface area contributed by atoms with Crippen LogP contribution in [0.2, 0.25) is 0 Å². The molecule has 0 aliphatic rings. The minimum atomic E-state index is -4.40. The van der Waals surface area contributed by atoms with Crippen LogP contribution in [0.3, 0.4) is 0 Å². The van der Waals surface area contributed by atoms with Crippen molar-refractivity contribution in [1.82, 2.24) is 4.98 Å². The van der Waals surface area contributed by atoms with E-state index in [0.717, 1.165) is 22.9 Å². The molecule has 7 heteroatoms. The second-order valence-corrected chi connectivity index (χ2v) is 7.03. The molecule has 0 bridgehead atoms. The number of nitrogens with zero attached hydrogens (tertiary/aromatic N) is 2. The summed E-state index contributed by atoms with van der Waals surface area (Å²) in [6.45, 7) is 1.72. The summed E-state index contributed by atoms with van der Waals surface area (Å²) in [5.74, 6) is 0.347. The molecule has 0 aliphatic heterocycles. The third kappa shape index (κ3) is 4.67. The fraction of sp³-hybridized carbons (Fsp3) is 0.0800. The van der Waals surface area contributed by atoms with Gasteiger partial charge < -0.3 is 4.74 Å². The molecule has 0 unspecified atom stereocenters. The number of amides is 1. The number of ether oxygens (including phenoxy) is 1. The van der Waals surface area contributed by atoms with Crippen molar-refractivity contribution in [2.75, 3.05) is 0 Å². The maximum atomic E-state index is 12.8. The van der Waals surface area contributed by atoms with Crippen LogP contribution < -0.4 is 4.74 Å². The molecular formula is C25H17F3N2O2. The summed E-state index contributed by atoms with van der Waals surface area (Å²) < 4.78 is 44.1. The first-order chi connectivity index (χ1) is 15.3. The zero-order valence-corrected chi connectivity index (χ0v) is 16.9. The number of alkyl halides is 3. The van der Waals surface area contributed by atoms with Crippen LogP contribution in [0.4, 0.5) is 13.2 Å². The molecule has 4 rings (SSSR count). The van der Waals surface area contributed by atoms with Crippen LogP contribution in [0.1, 0.15) is 28.5 Å². The minimum Gasteiger partial charge on any atom is -0.457 e. The quantitative estimate of drug-likeness (QED) is 0.336. The highest BCUT2D eigenvalue weighted by Gasteiger charge is 2.30. The van der Waals surface area contributed by atoms with Gasteiger partial charge in [0.2, 0.25) is 0 Å². The van der Waals surface area contributed by atoms with Crippen LogP contribution in [0, 0.1) is 0 Å². The van der Waals surface area contributed by atoms with Gasteiger partial charge in [-0.1, -0.05) is 18.2 Å². The van der Waals surface area contributed by atoms with Crippen molar-refractivity contribution >= 4 is 22.4 Å². The number of aromatic nitrogens is 1. The number of hydrogen-bond donors (Lipinski definition) is 0. The van der Waals surface area contributed by atoms with E-state index in [2.05, 4.69) is 9.98 Å². The highest BCUT2D eigenvalue weighted by Crippen LogP contribution is 2.33. The zero-order valence-electron chi connectivity index (χ0n) is 16.9. The van der Waals surface area contributed by atoms with Gasteiger partial charge in [-0.15, -0.1) is 0 Å². The lowest BCUT2D eigenvalue weighted by Crippen LogP contribution is -2.04. The van der Waals surface area contributed by atoms with E-state index in [0.29, 0.717) is 22.7 Å². The Labute approximate surface area is 182 Å². The van der Waals surface area contributed by atoms with E-state index in [-0.39, 0.29) is 5.75 Å². The van der Waals surface area contributed by atoms with Gasteiger partial charge in [0.05, 0.1) is 17.0 Å². The number of rotatable bonds is 4. The summed E-state index contributed by atoms with van der Waals surface area (Å²) in [6.07, 6.45) is -2.77. The van der Waals surface area contributed by atoms with Crippen molar-refractivity contribution < 1.29 is 22.7 Å². The van der Waals surface area contributed by atoms with Crippen molar-refractivity contribution in [2.24, 2.45) is 4.99 Å². The average molecular weight is 434 g/mol. The van der Waals surface area contributed by atoms with Crippen LogP contribution in [-0.2, 0) is 6.18 Å². The van der Waals surface area contributed by atoms with Crippen molar-refractivity contribution in [3.63, 3.8) is 0 Å². The van der Waals surface area contributed by atoms with Gasteiger partial charge in [-0.25, -0.2) is 4.99 Å². The Morgan fingerprint density at radius 3 is 2.41 bits per heavy atom. The van der Waals surface area contributed by atoms with E-state index in [4.69, 9.17) is 4.74 Å². The van der Waals surface area contributed by atoms with Gasteiger partial charge in [-0.2, -0.15) is 13.2 Å². The fourth-order valence-electron chi connectivity index (χ4n) is 3.17. The molecule has 0 fully saturated rings. The summed E-state index contributed by atoms with van der Waals surface area (Å²) in [5.41, 5.74) is 0.788. The molecule has 0 spiro atoms. The van der Waals surface area contributed by atoms with Crippen LogP contribution in [0.15, 0.2) is 90.1 Å². The fourth-order valence-corrected chi connectivity index (χ4v) is 3.17. The van der Waals surface area contributed by atoms with Gasteiger partial charge >= 0.3 is 6.18 Å². The predicted molar refractivity (Wildman–Crippen MR) is 116 cm³/mol. The number of fused-ring (bicyclic) bond motifs is 1. The Balaban J connectivity index is 1.59. The topological polar surface area (TPSA) is 51.5 Å². The number of pyridine rings is 1. The molecule has 0 aliphatic carbocycles. The number of benzene rings is 3. The van der Waals surface area contributed by atoms with Gasteiger partial charge in [0, 0.05) is 17.1 Å². The zero-order chi connectivity index (χ0) is 22.7. The molecule has 0 atom stereocenters. The maximum Gasteiger partial charge on any atom is 0.416 e. The van der Waals surface area contributed by atoms with Crippen molar-refractivity contribution in [2.45, 2.75) is 13.1 Å². The molecule has 0 saturated heterocycles. The van der Waals surface area contributed by atoms with Crippen LogP contribution in [-0.4, -0.2) is 16.6 Å². The molecule has 0 saturated carbocycles. The molecule has 160 valence electrons. The first-order valence-corrected chi connectivity index (χ1v) is 9.70. The smallest absolute Gasteiger partial charge is 0.416 e. The van der Waals surface area contributed by atoms with Gasteiger partial charge in [-0.05, 0) is 73.0 Å². The lowest BCUT2D eigenvalue weighted by molar-refractivity contribution is -0.137. The van der Waals surface area contributed by atoms with E-state index in [1.807, 2.05) is 12.1 Å². The standard InChI is InChI=1S/C25H17F3N2O2/c1-16(22-6-2-3-14-29-22)30-24(31)18-8-13-21-17(15-18)5-4-7-23(21)32-20-11-9-19(10-12-20)25(26,27)28/h2-15H,1H3. The largest absolute Gasteiger partial charge is 0.457 e. The maximum absolute atomic E-state index is 12.8. The Morgan fingerprint density at radius 2 is 1.72 bits per heavy atom. The molecule has 1 aromatic heterocycles. The lowest BCUT2D eigenvalue weighted by Gasteiger charge is -2.11. The average Bonchev–Trinajstić information content (AvgIpc) is 2.79. The van der Waals surface area contributed by atoms with E-state index in [1.54, 1.807) is 55.6 Å². The molecular weight excluding hydrogens is 417 g/mol. The molecule has 0 radical (unpaired) electrons. The van der Waals surface area contributed by atoms with E-state index < -0.39 is 17.6 Å².